The number of hydrogen-bond acceptors (Lipinski definition) is 4. The van der Waals surface area contributed by atoms with Crippen LogP contribution in [0.3, 0.4) is 0 Å². The lowest BCUT2D eigenvalue weighted by Crippen LogP contribution is -1.99. The molecule has 0 atom stereocenters. The summed E-state index contributed by atoms with van der Waals surface area (Å²) in [5.41, 5.74) is 1.31. The monoisotopic (exact) mass is 187 g/mol. The predicted molar refractivity (Wildman–Crippen MR) is 52.8 cm³/mol. The molecule has 0 aliphatic rings. The van der Waals surface area contributed by atoms with Gasteiger partial charge in [-0.05, 0) is 6.07 Å². The fourth-order valence-electron chi connectivity index (χ4n) is 1.35. The zero-order valence-corrected chi connectivity index (χ0v) is 7.94. The second kappa shape index (κ2) is 3.00. The Balaban J connectivity index is 2.79. The number of hydrogen-bond donors (Lipinski definition) is 1. The first-order valence-electron chi connectivity index (χ1n) is 4.17. The second-order valence-corrected chi connectivity index (χ2v) is 2.93. The Morgan fingerprint density at radius 3 is 3.00 bits per heavy atom. The van der Waals surface area contributed by atoms with Gasteiger partial charge in [0.2, 0.25) is 0 Å². The van der Waals surface area contributed by atoms with Crippen LogP contribution in [0.2, 0.25) is 0 Å². The third-order valence-electron chi connectivity index (χ3n) is 2.06. The molecule has 0 spiro atoms. The van der Waals surface area contributed by atoms with Crippen molar-refractivity contribution in [1.82, 2.24) is 14.8 Å². The molecule has 2 aromatic rings. The van der Waals surface area contributed by atoms with Crippen molar-refractivity contribution in [3.05, 3.63) is 17.8 Å². The largest absolute Gasteiger partial charge is 0.372 e. The number of pyridine rings is 1. The Bertz CT molecular complexity index is 520. The third kappa shape index (κ3) is 1.09. The first-order valence-corrected chi connectivity index (χ1v) is 4.17. The molecule has 0 aliphatic carbocycles. The molecule has 0 saturated heterocycles. The van der Waals surface area contributed by atoms with Crippen LogP contribution in [0.4, 0.5) is 5.82 Å². The number of nitrogens with one attached hydrogen (secondary N) is 1. The van der Waals surface area contributed by atoms with Crippen molar-refractivity contribution in [2.75, 3.05) is 12.4 Å². The number of nitriles is 1. The van der Waals surface area contributed by atoms with Gasteiger partial charge in [-0.3, -0.25) is 4.68 Å². The lowest BCUT2D eigenvalue weighted by Gasteiger charge is -2.02. The molecule has 2 heterocycles. The smallest absolute Gasteiger partial charge is 0.159 e. The molecular formula is C9H9N5. The van der Waals surface area contributed by atoms with Gasteiger partial charge in [0.15, 0.2) is 5.65 Å². The highest BCUT2D eigenvalue weighted by molar-refractivity contribution is 5.79. The van der Waals surface area contributed by atoms with E-state index in [0.717, 1.165) is 11.0 Å². The highest BCUT2D eigenvalue weighted by Gasteiger charge is 2.07. The van der Waals surface area contributed by atoms with Crippen LogP contribution < -0.4 is 5.32 Å². The average Bonchev–Trinajstić information content (AvgIpc) is 2.58. The summed E-state index contributed by atoms with van der Waals surface area (Å²) in [5.74, 6) is 0.587. The van der Waals surface area contributed by atoms with E-state index < -0.39 is 0 Å². The van der Waals surface area contributed by atoms with Gasteiger partial charge in [-0.25, -0.2) is 4.98 Å². The summed E-state index contributed by atoms with van der Waals surface area (Å²) < 4.78 is 1.68. The summed E-state index contributed by atoms with van der Waals surface area (Å²) in [6.07, 6.45) is 1.70. The van der Waals surface area contributed by atoms with E-state index in [9.17, 15) is 0 Å². The van der Waals surface area contributed by atoms with Crippen molar-refractivity contribution in [1.29, 1.82) is 5.26 Å². The number of fused-ring (bicyclic) bond motifs is 1. The van der Waals surface area contributed by atoms with Gasteiger partial charge in [0, 0.05) is 19.5 Å². The topological polar surface area (TPSA) is 66.5 Å². The van der Waals surface area contributed by atoms with Crippen molar-refractivity contribution in [3.8, 4) is 6.07 Å². The number of aryl methyl sites for hydroxylation is 1. The Labute approximate surface area is 81.0 Å². The molecule has 0 radical (unpaired) electrons. The molecule has 1 N–H and O–H groups in total. The van der Waals surface area contributed by atoms with Gasteiger partial charge in [0.25, 0.3) is 0 Å². The lowest BCUT2D eigenvalue weighted by atomic mass is 10.2. The summed E-state index contributed by atoms with van der Waals surface area (Å²) in [6, 6.07) is 3.86. The Kier molecular flexibility index (Phi) is 1.82. The first-order chi connectivity index (χ1) is 6.76. The van der Waals surface area contributed by atoms with Gasteiger partial charge in [-0.15, -0.1) is 0 Å². The molecule has 0 saturated carbocycles. The normalized spacial score (nSPS) is 10.1. The summed E-state index contributed by atoms with van der Waals surface area (Å²) in [4.78, 5) is 4.29. The second-order valence-electron chi connectivity index (χ2n) is 2.93. The molecule has 2 aromatic heterocycles. The maximum Gasteiger partial charge on any atom is 0.159 e. The third-order valence-corrected chi connectivity index (χ3v) is 2.06. The van der Waals surface area contributed by atoms with Gasteiger partial charge in [0.05, 0.1) is 11.8 Å². The highest BCUT2D eigenvalue weighted by atomic mass is 15.3. The first kappa shape index (κ1) is 8.51. The Morgan fingerprint density at radius 1 is 1.57 bits per heavy atom. The number of anilines is 1. The minimum absolute atomic E-state index is 0.535. The summed E-state index contributed by atoms with van der Waals surface area (Å²) >= 11 is 0. The Hall–Kier alpha value is -2.09. The standard InChI is InChI=1S/C9H9N5/c1-11-8-6(4-10)3-7-5-12-14(2)9(7)13-8/h3,5H,1-2H3,(H,11,13). The summed E-state index contributed by atoms with van der Waals surface area (Å²) in [5, 5.41) is 16.7. The molecule has 0 amide bonds. The molecule has 0 aliphatic heterocycles. The SMILES string of the molecule is CNc1nc2c(cnn2C)cc1C#N. The van der Waals surface area contributed by atoms with Gasteiger partial charge < -0.3 is 5.32 Å². The molecule has 0 fully saturated rings. The van der Waals surface area contributed by atoms with Crippen LogP contribution in [-0.2, 0) is 7.05 Å². The number of nitrogens with zero attached hydrogens (tertiary/aromatic N) is 4. The van der Waals surface area contributed by atoms with Gasteiger partial charge in [-0.1, -0.05) is 0 Å². The number of rotatable bonds is 1. The van der Waals surface area contributed by atoms with E-state index in [4.69, 9.17) is 5.26 Å². The van der Waals surface area contributed by atoms with E-state index in [1.807, 2.05) is 7.05 Å². The molecule has 5 heteroatoms. The van der Waals surface area contributed by atoms with Gasteiger partial charge >= 0.3 is 0 Å². The molecule has 70 valence electrons. The van der Waals surface area contributed by atoms with E-state index in [2.05, 4.69) is 21.5 Å². The zero-order valence-electron chi connectivity index (χ0n) is 7.94. The number of aromatic nitrogens is 3. The fourth-order valence-corrected chi connectivity index (χ4v) is 1.35. The molecule has 0 unspecified atom stereocenters. The van der Waals surface area contributed by atoms with Gasteiger partial charge in [0.1, 0.15) is 11.9 Å². The van der Waals surface area contributed by atoms with Gasteiger partial charge in [-0.2, -0.15) is 10.4 Å². The minimum Gasteiger partial charge on any atom is -0.372 e. The van der Waals surface area contributed by atoms with Crippen LogP contribution in [0.15, 0.2) is 12.3 Å². The van der Waals surface area contributed by atoms with E-state index in [1.54, 1.807) is 24.0 Å². The average molecular weight is 187 g/mol. The zero-order chi connectivity index (χ0) is 10.1. The van der Waals surface area contributed by atoms with Crippen LogP contribution in [0.5, 0.6) is 0 Å². The predicted octanol–water partition coefficient (Wildman–Crippen LogP) is 0.882. The van der Waals surface area contributed by atoms with Crippen molar-refractivity contribution in [3.63, 3.8) is 0 Å². The van der Waals surface area contributed by atoms with Crippen molar-refractivity contribution in [2.45, 2.75) is 0 Å². The summed E-state index contributed by atoms with van der Waals surface area (Å²) in [7, 11) is 3.56. The Morgan fingerprint density at radius 2 is 2.36 bits per heavy atom. The molecule has 2 rings (SSSR count). The van der Waals surface area contributed by atoms with Crippen molar-refractivity contribution >= 4 is 16.9 Å². The maximum atomic E-state index is 8.86. The molecule has 5 nitrogen and oxygen atoms in total. The van der Waals surface area contributed by atoms with E-state index >= 15 is 0 Å². The molecule has 0 aromatic carbocycles. The quantitative estimate of drug-likeness (QED) is 0.719. The molecule has 0 bridgehead atoms. The fraction of sp³-hybridized carbons (Fsp3) is 0.222. The molecular weight excluding hydrogens is 178 g/mol. The van der Waals surface area contributed by atoms with Crippen LogP contribution in [0.1, 0.15) is 5.56 Å². The van der Waals surface area contributed by atoms with Crippen molar-refractivity contribution in [2.24, 2.45) is 7.05 Å². The van der Waals surface area contributed by atoms with Crippen LogP contribution in [0, 0.1) is 11.3 Å². The van der Waals surface area contributed by atoms with E-state index in [1.165, 1.54) is 0 Å². The highest BCUT2D eigenvalue weighted by Crippen LogP contribution is 2.18. The maximum absolute atomic E-state index is 8.86. The minimum atomic E-state index is 0.535. The lowest BCUT2D eigenvalue weighted by molar-refractivity contribution is 0.786. The van der Waals surface area contributed by atoms with Crippen LogP contribution in [0.25, 0.3) is 11.0 Å². The van der Waals surface area contributed by atoms with Crippen LogP contribution in [-0.4, -0.2) is 21.8 Å². The molecule has 14 heavy (non-hydrogen) atoms. The summed E-state index contributed by atoms with van der Waals surface area (Å²) in [6.45, 7) is 0. The van der Waals surface area contributed by atoms with E-state index in [-0.39, 0.29) is 0 Å². The van der Waals surface area contributed by atoms with Crippen LogP contribution >= 0.6 is 0 Å². The van der Waals surface area contributed by atoms with E-state index in [0.29, 0.717) is 11.4 Å². The van der Waals surface area contributed by atoms with Crippen molar-refractivity contribution < 1.29 is 0 Å².